The molecule has 0 fully saturated rings. The highest BCUT2D eigenvalue weighted by atomic mass is 16.4. The van der Waals surface area contributed by atoms with Gasteiger partial charge in [0.05, 0.1) is 25.9 Å². The monoisotopic (exact) mass is 288 g/mol. The molecular weight excluding hydrogens is 264 g/mol. The van der Waals surface area contributed by atoms with Crippen LogP contribution in [0.3, 0.4) is 0 Å². The van der Waals surface area contributed by atoms with E-state index in [0.29, 0.717) is 0 Å². The topological polar surface area (TPSA) is 182 Å². The second-order valence-corrected chi connectivity index (χ2v) is 3.98. The van der Waals surface area contributed by atoms with Gasteiger partial charge in [0.25, 0.3) is 0 Å². The molecule has 0 aromatic carbocycles. The highest BCUT2D eigenvalue weighted by Crippen LogP contribution is 2.07. The van der Waals surface area contributed by atoms with Gasteiger partial charge in [-0.2, -0.15) is 0 Å². The predicted octanol–water partition coefficient (Wildman–Crippen LogP) is -4.86. The van der Waals surface area contributed by atoms with Gasteiger partial charge in [0.2, 0.25) is 0 Å². The molecule has 9 N–H and O–H groups in total. The summed E-state index contributed by atoms with van der Waals surface area (Å²) in [5.74, 6) is 0. The van der Waals surface area contributed by atoms with Crippen molar-refractivity contribution in [1.82, 2.24) is 0 Å². The molecule has 5 atom stereocenters. The number of hydrogen-bond donors (Lipinski definition) is 9. The summed E-state index contributed by atoms with van der Waals surface area (Å²) in [6.45, 7) is -0.232. The number of rotatable bonds is 7. The molecule has 0 saturated heterocycles. The van der Waals surface area contributed by atoms with Crippen molar-refractivity contribution in [2.24, 2.45) is 0 Å². The minimum Gasteiger partial charge on any atom is -0.394 e. The lowest BCUT2D eigenvalue weighted by molar-refractivity contribution is -0.137. The third-order valence-corrected chi connectivity index (χ3v) is 2.20. The average Bonchev–Trinajstić information content (AvgIpc) is 2.43. The van der Waals surface area contributed by atoms with E-state index in [9.17, 15) is 0 Å². The van der Waals surface area contributed by atoms with Crippen molar-refractivity contribution in [2.45, 2.75) is 43.5 Å². The highest BCUT2D eigenvalue weighted by Gasteiger charge is 2.32. The molecule has 0 aromatic heterocycles. The predicted molar refractivity (Wildman–Crippen MR) is 63.0 cm³/mol. The van der Waals surface area contributed by atoms with Crippen LogP contribution in [0.4, 0.5) is 0 Å². The molecular formula is C10H24O9. The number of aliphatic hydroxyl groups excluding tert-OH is 9. The third-order valence-electron chi connectivity index (χ3n) is 2.20. The van der Waals surface area contributed by atoms with E-state index in [-0.39, 0.29) is 13.2 Å². The lowest BCUT2D eigenvalue weighted by Gasteiger charge is -2.26. The summed E-state index contributed by atoms with van der Waals surface area (Å²) in [4.78, 5) is 0. The Bertz CT molecular complexity index is 197. The van der Waals surface area contributed by atoms with Crippen molar-refractivity contribution in [2.75, 3.05) is 19.8 Å². The maximum Gasteiger partial charge on any atom is 0.111 e. The summed E-state index contributed by atoms with van der Waals surface area (Å²) in [6, 6.07) is 0. The minimum absolute atomic E-state index is 0.365. The first kappa shape index (κ1) is 20.9. The van der Waals surface area contributed by atoms with Crippen LogP contribution < -0.4 is 0 Å². The molecule has 9 nitrogen and oxygen atoms in total. The van der Waals surface area contributed by atoms with Crippen molar-refractivity contribution >= 4 is 0 Å². The van der Waals surface area contributed by atoms with E-state index >= 15 is 0 Å². The Hall–Kier alpha value is -0.360. The van der Waals surface area contributed by atoms with Gasteiger partial charge in [-0.15, -0.1) is 0 Å². The van der Waals surface area contributed by atoms with E-state index in [1.54, 1.807) is 0 Å². The third kappa shape index (κ3) is 9.21. The van der Waals surface area contributed by atoms with Gasteiger partial charge < -0.3 is 46.0 Å². The fourth-order valence-electron chi connectivity index (χ4n) is 0.881. The average molecular weight is 288 g/mol. The fourth-order valence-corrected chi connectivity index (χ4v) is 0.881. The molecule has 0 rings (SSSR count). The fraction of sp³-hybridized carbons (Fsp3) is 1.00. The van der Waals surface area contributed by atoms with Crippen molar-refractivity contribution < 1.29 is 46.0 Å². The van der Waals surface area contributed by atoms with Gasteiger partial charge in [-0.1, -0.05) is 0 Å². The zero-order chi connectivity index (χ0) is 15.6. The van der Waals surface area contributed by atoms with Gasteiger partial charge in [-0.05, 0) is 6.92 Å². The zero-order valence-electron chi connectivity index (χ0n) is 10.6. The first-order chi connectivity index (χ1) is 8.72. The Morgan fingerprint density at radius 1 is 0.632 bits per heavy atom. The Balaban J connectivity index is 0. The van der Waals surface area contributed by atoms with Gasteiger partial charge >= 0.3 is 0 Å². The molecule has 0 aliphatic rings. The summed E-state index contributed by atoms with van der Waals surface area (Å²) in [5, 5.41) is 77.4. The molecule has 0 bridgehead atoms. The molecule has 0 amide bonds. The molecule has 1 unspecified atom stereocenters. The Morgan fingerprint density at radius 3 is 1.26 bits per heavy atom. The van der Waals surface area contributed by atoms with Crippen LogP contribution in [0.2, 0.25) is 0 Å². The summed E-state index contributed by atoms with van der Waals surface area (Å²) >= 11 is 0. The lowest BCUT2D eigenvalue weighted by atomic mass is 10.0. The molecule has 0 aromatic rings. The zero-order valence-corrected chi connectivity index (χ0v) is 10.6. The largest absolute Gasteiger partial charge is 0.394 e. The number of hydrogen-bond acceptors (Lipinski definition) is 9. The lowest BCUT2D eigenvalue weighted by Crippen LogP contribution is -2.49. The molecule has 0 saturated carbocycles. The Morgan fingerprint density at radius 2 is 1.05 bits per heavy atom. The van der Waals surface area contributed by atoms with Crippen LogP contribution in [0.1, 0.15) is 6.92 Å². The van der Waals surface area contributed by atoms with Crippen LogP contribution >= 0.6 is 0 Å². The normalized spacial score (nSPS) is 19.1. The molecule has 118 valence electrons. The van der Waals surface area contributed by atoms with Crippen LogP contribution in [-0.2, 0) is 0 Å². The minimum atomic E-state index is -1.69. The second kappa shape index (κ2) is 11.5. The molecule has 0 heterocycles. The van der Waals surface area contributed by atoms with Crippen LogP contribution in [0.25, 0.3) is 0 Å². The first-order valence-electron chi connectivity index (χ1n) is 5.63. The van der Waals surface area contributed by atoms with Crippen LogP contribution in [0, 0.1) is 0 Å². The molecule has 0 radical (unpaired) electrons. The quantitative estimate of drug-likeness (QED) is 0.222. The SMILES string of the molecule is CC(O)[C@H](O)[C@@H](O)[C@H](O)[C@H](O)CO.OCC(O)CO. The molecule has 19 heavy (non-hydrogen) atoms. The van der Waals surface area contributed by atoms with E-state index in [0.717, 1.165) is 0 Å². The smallest absolute Gasteiger partial charge is 0.111 e. The van der Waals surface area contributed by atoms with Gasteiger partial charge in [0, 0.05) is 0 Å². The van der Waals surface area contributed by atoms with Gasteiger partial charge in [0.15, 0.2) is 0 Å². The summed E-state index contributed by atoms with van der Waals surface area (Å²) in [5.41, 5.74) is 0. The van der Waals surface area contributed by atoms with E-state index in [1.165, 1.54) is 6.92 Å². The van der Waals surface area contributed by atoms with E-state index in [1.807, 2.05) is 0 Å². The van der Waals surface area contributed by atoms with E-state index in [4.69, 9.17) is 46.0 Å². The van der Waals surface area contributed by atoms with Gasteiger partial charge in [-0.25, -0.2) is 0 Å². The van der Waals surface area contributed by atoms with Gasteiger partial charge in [-0.3, -0.25) is 0 Å². The highest BCUT2D eigenvalue weighted by molar-refractivity contribution is 4.82. The standard InChI is InChI=1S/C7H16O6.C3H8O3/c1-3(9)5(11)7(13)6(12)4(10)2-8;4-1-3(6)2-5/h3-13H,2H2,1H3;3-6H,1-2H2/t3?,4-,5+,6-,7-;/m1./s1. The van der Waals surface area contributed by atoms with Crippen molar-refractivity contribution in [3.05, 3.63) is 0 Å². The Labute approximate surface area is 110 Å². The summed E-state index contributed by atoms with van der Waals surface area (Å²) in [6.07, 6.45) is -8.66. The molecule has 0 aliphatic heterocycles. The summed E-state index contributed by atoms with van der Waals surface area (Å²) in [7, 11) is 0. The summed E-state index contributed by atoms with van der Waals surface area (Å²) < 4.78 is 0. The van der Waals surface area contributed by atoms with Crippen molar-refractivity contribution in [3.63, 3.8) is 0 Å². The van der Waals surface area contributed by atoms with Crippen LogP contribution in [0.5, 0.6) is 0 Å². The van der Waals surface area contributed by atoms with Gasteiger partial charge in [0.1, 0.15) is 30.5 Å². The van der Waals surface area contributed by atoms with Crippen molar-refractivity contribution in [1.29, 1.82) is 0 Å². The Kier molecular flexibility index (Phi) is 12.6. The molecule has 0 spiro atoms. The molecule has 0 aliphatic carbocycles. The maximum atomic E-state index is 9.13. The van der Waals surface area contributed by atoms with Crippen LogP contribution in [0.15, 0.2) is 0 Å². The van der Waals surface area contributed by atoms with E-state index in [2.05, 4.69) is 0 Å². The maximum absolute atomic E-state index is 9.13. The van der Waals surface area contributed by atoms with Crippen molar-refractivity contribution in [3.8, 4) is 0 Å². The van der Waals surface area contributed by atoms with Crippen LogP contribution in [-0.4, -0.2) is 102 Å². The second-order valence-electron chi connectivity index (χ2n) is 3.98. The molecule has 9 heteroatoms. The number of aliphatic hydroxyl groups is 9. The van der Waals surface area contributed by atoms with E-state index < -0.39 is 43.2 Å². The first-order valence-corrected chi connectivity index (χ1v) is 5.63.